The number of Topliss-reactive ketones (excluding diaryl/α,β-unsaturated/α-hetero) is 1. The predicted molar refractivity (Wildman–Crippen MR) is 186 cm³/mol. The van der Waals surface area contributed by atoms with E-state index in [0.29, 0.717) is 25.2 Å². The van der Waals surface area contributed by atoms with Gasteiger partial charge in [0.2, 0.25) is 5.91 Å². The number of ketones is 1. The number of carbonyl (C=O) groups is 2. The molecule has 1 fully saturated rings. The number of morpholine rings is 1. The second-order valence-corrected chi connectivity index (χ2v) is 15.5. The zero-order valence-electron chi connectivity index (χ0n) is 27.5. The summed E-state index contributed by atoms with van der Waals surface area (Å²) >= 11 is 6.55. The fourth-order valence-electron chi connectivity index (χ4n) is 6.55. The van der Waals surface area contributed by atoms with E-state index in [1.165, 1.54) is 4.90 Å². The highest BCUT2D eigenvalue weighted by atomic mass is 35.7. The molecule has 2 aliphatic rings. The summed E-state index contributed by atoms with van der Waals surface area (Å²) in [6, 6.07) is 30.9. The van der Waals surface area contributed by atoms with E-state index in [1.54, 1.807) is 24.8 Å². The van der Waals surface area contributed by atoms with Crippen LogP contribution in [0.5, 0.6) is 0 Å². The zero-order valence-corrected chi connectivity index (χ0v) is 29.1. The SMILES string of the molecule is CCCCCCN(C)P(=O)(Cl)OC[C@@H]1CN(C(c2ccccc2)(c2ccccc2)c2ccccc2)C[C@H](N2C=C(C)C(=O)CC2=O)O1. The van der Waals surface area contributed by atoms with Gasteiger partial charge in [0.15, 0.2) is 5.78 Å². The van der Waals surface area contributed by atoms with Crippen molar-refractivity contribution in [1.29, 1.82) is 0 Å². The van der Waals surface area contributed by atoms with Gasteiger partial charge in [-0.2, -0.15) is 0 Å². The Morgan fingerprint density at radius 2 is 1.45 bits per heavy atom. The summed E-state index contributed by atoms with van der Waals surface area (Å²) in [5.74, 6) is -0.525. The molecule has 47 heavy (non-hydrogen) atoms. The van der Waals surface area contributed by atoms with Crippen molar-refractivity contribution in [2.24, 2.45) is 0 Å². The minimum atomic E-state index is -3.65. The normalized spacial score (nSPS) is 20.7. The molecule has 250 valence electrons. The molecular formula is C37H45ClN3O5P. The molecular weight excluding hydrogens is 633 g/mol. The highest BCUT2D eigenvalue weighted by Gasteiger charge is 2.48. The summed E-state index contributed by atoms with van der Waals surface area (Å²) in [6.07, 6.45) is 4.13. The van der Waals surface area contributed by atoms with E-state index in [1.807, 2.05) is 54.6 Å². The van der Waals surface area contributed by atoms with Gasteiger partial charge in [-0.25, -0.2) is 4.67 Å². The van der Waals surface area contributed by atoms with Crippen LogP contribution in [0, 0.1) is 0 Å². The lowest BCUT2D eigenvalue weighted by Crippen LogP contribution is -2.62. The molecule has 0 aromatic heterocycles. The number of carbonyl (C=O) groups excluding carboxylic acids is 2. The number of benzene rings is 3. The molecule has 1 unspecified atom stereocenters. The molecule has 3 aromatic carbocycles. The summed E-state index contributed by atoms with van der Waals surface area (Å²) in [7, 11) is 1.72. The number of ether oxygens (including phenoxy) is 1. The Kier molecular flexibility index (Phi) is 11.9. The van der Waals surface area contributed by atoms with Crippen LogP contribution in [0.15, 0.2) is 103 Å². The standard InChI is InChI=1S/C37H45ClN3O5P/c1-4-5-6-16-23-39(3)47(38,44)45-28-33-26-40(27-36(46-33)41-25-29(2)34(42)24-35(41)43)37(30-17-10-7-11-18-30,31-19-12-8-13-20-31)32-21-14-9-15-22-32/h7-15,17-22,25,33,36H,4-6,16,23-24,26-28H2,1-3H3/t33-,36+,47?/m0/s1. The number of unbranched alkanes of at least 4 members (excludes halogenated alkanes) is 3. The number of rotatable bonds is 14. The molecule has 0 radical (unpaired) electrons. The van der Waals surface area contributed by atoms with Crippen molar-refractivity contribution in [1.82, 2.24) is 14.5 Å². The Morgan fingerprint density at radius 1 is 0.894 bits per heavy atom. The maximum absolute atomic E-state index is 13.6. The van der Waals surface area contributed by atoms with Gasteiger partial charge in [0.05, 0.1) is 24.7 Å². The Hall–Kier alpha value is -3.10. The van der Waals surface area contributed by atoms with Crippen LogP contribution in [0.1, 0.15) is 62.6 Å². The van der Waals surface area contributed by atoms with E-state index >= 15 is 0 Å². The van der Waals surface area contributed by atoms with Crippen molar-refractivity contribution in [2.75, 3.05) is 33.3 Å². The van der Waals surface area contributed by atoms with E-state index < -0.39 is 24.7 Å². The van der Waals surface area contributed by atoms with Crippen LogP contribution >= 0.6 is 18.1 Å². The topological polar surface area (TPSA) is 79.4 Å². The highest BCUT2D eigenvalue weighted by Crippen LogP contribution is 2.55. The van der Waals surface area contributed by atoms with E-state index in [4.69, 9.17) is 20.5 Å². The van der Waals surface area contributed by atoms with Crippen LogP contribution in [0.3, 0.4) is 0 Å². The van der Waals surface area contributed by atoms with E-state index in [9.17, 15) is 14.2 Å². The van der Waals surface area contributed by atoms with E-state index in [0.717, 1.165) is 42.4 Å². The van der Waals surface area contributed by atoms with E-state index in [-0.39, 0.29) is 24.7 Å². The summed E-state index contributed by atoms with van der Waals surface area (Å²) in [5, 5.41) is 0. The molecule has 0 bridgehead atoms. The average molecular weight is 678 g/mol. The highest BCUT2D eigenvalue weighted by molar-refractivity contribution is 7.83. The van der Waals surface area contributed by atoms with Crippen molar-refractivity contribution in [3.8, 4) is 0 Å². The minimum Gasteiger partial charge on any atom is -0.350 e. The molecule has 1 amide bonds. The largest absolute Gasteiger partial charge is 0.362 e. The lowest BCUT2D eigenvalue weighted by Gasteiger charge is -2.52. The fraction of sp³-hybridized carbons (Fsp3) is 0.405. The minimum absolute atomic E-state index is 0.0504. The Bertz CT molecular complexity index is 1480. The van der Waals surface area contributed by atoms with Gasteiger partial charge in [0.25, 0.3) is 0 Å². The lowest BCUT2D eigenvalue weighted by molar-refractivity contribution is -0.175. The number of allylic oxidation sites excluding steroid dienone is 1. The molecule has 0 spiro atoms. The van der Waals surface area contributed by atoms with Crippen molar-refractivity contribution in [3.63, 3.8) is 0 Å². The number of hydrogen-bond acceptors (Lipinski definition) is 6. The van der Waals surface area contributed by atoms with Crippen LogP contribution < -0.4 is 0 Å². The Labute approximate surface area is 283 Å². The van der Waals surface area contributed by atoms with Crippen LogP contribution in [0.4, 0.5) is 0 Å². The number of halogens is 1. The van der Waals surface area contributed by atoms with E-state index in [2.05, 4.69) is 48.2 Å². The molecule has 1 saturated heterocycles. The first-order chi connectivity index (χ1) is 22.7. The van der Waals surface area contributed by atoms with Gasteiger partial charge < -0.3 is 9.26 Å². The van der Waals surface area contributed by atoms with Crippen molar-refractivity contribution in [3.05, 3.63) is 119 Å². The molecule has 2 aliphatic heterocycles. The third kappa shape index (κ3) is 7.97. The summed E-state index contributed by atoms with van der Waals surface area (Å²) in [4.78, 5) is 29.6. The van der Waals surface area contributed by atoms with Crippen molar-refractivity contribution >= 4 is 29.8 Å². The quantitative estimate of drug-likeness (QED) is 0.0753. The Balaban J connectivity index is 1.56. The fourth-order valence-corrected chi connectivity index (χ4v) is 7.87. The molecule has 8 nitrogen and oxygen atoms in total. The number of amides is 1. The van der Waals surface area contributed by atoms with Gasteiger partial charge in [-0.1, -0.05) is 117 Å². The van der Waals surface area contributed by atoms with Crippen molar-refractivity contribution in [2.45, 2.75) is 63.8 Å². The molecule has 10 heteroatoms. The predicted octanol–water partition coefficient (Wildman–Crippen LogP) is 7.59. The summed E-state index contributed by atoms with van der Waals surface area (Å²) in [5.41, 5.74) is 2.82. The maximum atomic E-state index is 13.6. The third-order valence-corrected chi connectivity index (χ3v) is 11.6. The van der Waals surface area contributed by atoms with Gasteiger partial charge >= 0.3 is 6.87 Å². The number of nitrogens with zero attached hydrogens (tertiary/aromatic N) is 3. The molecule has 3 atom stereocenters. The third-order valence-electron chi connectivity index (χ3n) is 9.04. The van der Waals surface area contributed by atoms with Gasteiger partial charge in [-0.05, 0) is 48.3 Å². The summed E-state index contributed by atoms with van der Waals surface area (Å²) in [6.45, 7) is 1.43. The van der Waals surface area contributed by atoms with Gasteiger partial charge in [-0.3, -0.25) is 24.0 Å². The smallest absolute Gasteiger partial charge is 0.350 e. The summed E-state index contributed by atoms with van der Waals surface area (Å²) < 4.78 is 27.7. The maximum Gasteiger partial charge on any atom is 0.362 e. The monoisotopic (exact) mass is 677 g/mol. The van der Waals surface area contributed by atoms with Crippen LogP contribution in [0.25, 0.3) is 0 Å². The van der Waals surface area contributed by atoms with Gasteiger partial charge in [0.1, 0.15) is 6.23 Å². The molecule has 0 N–H and O–H groups in total. The Morgan fingerprint density at radius 3 is 1.98 bits per heavy atom. The first-order valence-electron chi connectivity index (χ1n) is 16.4. The second kappa shape index (κ2) is 15.9. The van der Waals surface area contributed by atoms with Crippen molar-refractivity contribution < 1.29 is 23.4 Å². The number of hydrogen-bond donors (Lipinski definition) is 0. The molecule has 3 aromatic rings. The van der Waals surface area contributed by atoms with Crippen LogP contribution in [0.2, 0.25) is 0 Å². The molecule has 0 saturated carbocycles. The first kappa shape index (κ1) is 35.2. The van der Waals surface area contributed by atoms with Crippen LogP contribution in [-0.2, 0) is 29.0 Å². The molecule has 0 aliphatic carbocycles. The van der Waals surface area contributed by atoms with Gasteiger partial charge in [0, 0.05) is 31.4 Å². The van der Waals surface area contributed by atoms with Gasteiger partial charge in [-0.15, -0.1) is 0 Å². The first-order valence-corrected chi connectivity index (χ1v) is 18.9. The molecule has 5 rings (SSSR count). The molecule has 2 heterocycles. The lowest BCUT2D eigenvalue weighted by atomic mass is 9.75. The second-order valence-electron chi connectivity index (χ2n) is 12.3. The average Bonchev–Trinajstić information content (AvgIpc) is 3.09. The van der Waals surface area contributed by atoms with Crippen LogP contribution in [-0.4, -0.2) is 71.8 Å². The zero-order chi connectivity index (χ0) is 33.4.